The summed E-state index contributed by atoms with van der Waals surface area (Å²) in [5.41, 5.74) is 6.61. The third kappa shape index (κ3) is 2.51. The molecular weight excluding hydrogens is 296 g/mol. The third-order valence-corrected chi connectivity index (χ3v) is 3.37. The lowest BCUT2D eigenvalue weighted by molar-refractivity contribution is 0.0998. The minimum Gasteiger partial charge on any atom is -0.437 e. The summed E-state index contributed by atoms with van der Waals surface area (Å²) in [6.45, 7) is 1.93. The standard InChI is InChI=1S/C13H11BrN2O2/c1-8-6-7-16-13(11(8)14)18-10-5-3-2-4-9(10)12(15)17/h2-7H,1H3,(H2,15,17). The molecular formula is C13H11BrN2O2. The van der Waals surface area contributed by atoms with Crippen LogP contribution in [0.25, 0.3) is 0 Å². The van der Waals surface area contributed by atoms with Crippen molar-refractivity contribution in [3.05, 3.63) is 52.1 Å². The molecule has 1 aromatic heterocycles. The molecule has 1 amide bonds. The number of primary amides is 1. The van der Waals surface area contributed by atoms with E-state index in [4.69, 9.17) is 10.5 Å². The summed E-state index contributed by atoms with van der Waals surface area (Å²) in [5, 5.41) is 0. The number of nitrogens with zero attached hydrogens (tertiary/aromatic N) is 1. The van der Waals surface area contributed by atoms with E-state index >= 15 is 0 Å². The van der Waals surface area contributed by atoms with Crippen molar-refractivity contribution in [2.75, 3.05) is 0 Å². The van der Waals surface area contributed by atoms with Crippen molar-refractivity contribution in [2.45, 2.75) is 6.92 Å². The van der Waals surface area contributed by atoms with E-state index in [0.717, 1.165) is 10.0 Å². The zero-order chi connectivity index (χ0) is 13.1. The van der Waals surface area contributed by atoms with Crippen LogP contribution >= 0.6 is 15.9 Å². The Morgan fingerprint density at radius 3 is 2.78 bits per heavy atom. The van der Waals surface area contributed by atoms with E-state index in [1.54, 1.807) is 30.5 Å². The highest BCUT2D eigenvalue weighted by Gasteiger charge is 2.12. The first kappa shape index (κ1) is 12.6. The fourth-order valence-electron chi connectivity index (χ4n) is 1.45. The van der Waals surface area contributed by atoms with Gasteiger partial charge in [-0.1, -0.05) is 12.1 Å². The number of aryl methyl sites for hydroxylation is 1. The molecule has 0 atom stereocenters. The van der Waals surface area contributed by atoms with Crippen molar-refractivity contribution in [1.29, 1.82) is 0 Å². The number of ether oxygens (including phenoxy) is 1. The van der Waals surface area contributed by atoms with Gasteiger partial charge in [-0.05, 0) is 46.6 Å². The van der Waals surface area contributed by atoms with Crippen molar-refractivity contribution in [3.8, 4) is 11.6 Å². The number of aromatic nitrogens is 1. The van der Waals surface area contributed by atoms with Crippen molar-refractivity contribution in [1.82, 2.24) is 4.98 Å². The summed E-state index contributed by atoms with van der Waals surface area (Å²) >= 11 is 3.40. The van der Waals surface area contributed by atoms with Gasteiger partial charge in [0, 0.05) is 6.20 Å². The van der Waals surface area contributed by atoms with Crippen molar-refractivity contribution in [2.24, 2.45) is 5.73 Å². The van der Waals surface area contributed by atoms with Gasteiger partial charge in [-0.25, -0.2) is 4.98 Å². The SMILES string of the molecule is Cc1ccnc(Oc2ccccc2C(N)=O)c1Br. The van der Waals surface area contributed by atoms with E-state index in [2.05, 4.69) is 20.9 Å². The fraction of sp³-hybridized carbons (Fsp3) is 0.0769. The van der Waals surface area contributed by atoms with E-state index in [1.165, 1.54) is 0 Å². The van der Waals surface area contributed by atoms with Gasteiger partial charge in [0.2, 0.25) is 5.88 Å². The number of halogens is 1. The Balaban J connectivity index is 2.40. The molecule has 0 spiro atoms. The first-order valence-corrected chi connectivity index (χ1v) is 6.06. The number of nitrogens with two attached hydrogens (primary N) is 1. The summed E-state index contributed by atoms with van der Waals surface area (Å²) in [5.74, 6) is 0.266. The van der Waals surface area contributed by atoms with Gasteiger partial charge in [0.15, 0.2) is 0 Å². The van der Waals surface area contributed by atoms with E-state index in [-0.39, 0.29) is 0 Å². The molecule has 0 aliphatic carbocycles. The maximum absolute atomic E-state index is 11.3. The molecule has 0 saturated carbocycles. The van der Waals surface area contributed by atoms with Gasteiger partial charge < -0.3 is 10.5 Å². The lowest BCUT2D eigenvalue weighted by Gasteiger charge is -2.10. The number of hydrogen-bond donors (Lipinski definition) is 1. The second-order valence-corrected chi connectivity index (χ2v) is 4.50. The highest BCUT2D eigenvalue weighted by atomic mass is 79.9. The van der Waals surface area contributed by atoms with Crippen LogP contribution in [-0.2, 0) is 0 Å². The van der Waals surface area contributed by atoms with E-state index < -0.39 is 5.91 Å². The molecule has 0 bridgehead atoms. The molecule has 18 heavy (non-hydrogen) atoms. The minimum atomic E-state index is -0.533. The molecule has 0 unspecified atom stereocenters. The van der Waals surface area contributed by atoms with Crippen LogP contribution in [0.5, 0.6) is 11.6 Å². The molecule has 2 rings (SSSR count). The van der Waals surface area contributed by atoms with Crippen LogP contribution in [0.2, 0.25) is 0 Å². The third-order valence-electron chi connectivity index (χ3n) is 2.41. The van der Waals surface area contributed by atoms with Gasteiger partial charge >= 0.3 is 0 Å². The van der Waals surface area contributed by atoms with Crippen LogP contribution in [0, 0.1) is 6.92 Å². The number of pyridine rings is 1. The van der Waals surface area contributed by atoms with Crippen LogP contribution < -0.4 is 10.5 Å². The highest BCUT2D eigenvalue weighted by molar-refractivity contribution is 9.10. The summed E-state index contributed by atoms with van der Waals surface area (Å²) in [6.07, 6.45) is 1.64. The lowest BCUT2D eigenvalue weighted by atomic mass is 10.2. The molecule has 2 N–H and O–H groups in total. The summed E-state index contributed by atoms with van der Waals surface area (Å²) in [4.78, 5) is 15.4. The number of carbonyl (C=O) groups is 1. The zero-order valence-corrected chi connectivity index (χ0v) is 11.3. The monoisotopic (exact) mass is 306 g/mol. The number of para-hydroxylation sites is 1. The molecule has 0 aliphatic heterocycles. The molecule has 0 radical (unpaired) electrons. The Kier molecular flexibility index (Phi) is 3.62. The Morgan fingerprint density at radius 1 is 1.33 bits per heavy atom. The number of amides is 1. The molecule has 0 fully saturated rings. The topological polar surface area (TPSA) is 65.2 Å². The van der Waals surface area contributed by atoms with Crippen molar-refractivity contribution < 1.29 is 9.53 Å². The molecule has 1 heterocycles. The van der Waals surface area contributed by atoms with Crippen LogP contribution in [0.15, 0.2) is 41.0 Å². The summed E-state index contributed by atoms with van der Waals surface area (Å²) in [7, 11) is 0. The quantitative estimate of drug-likeness (QED) is 0.948. The molecule has 0 aliphatic rings. The van der Waals surface area contributed by atoms with Crippen LogP contribution in [-0.4, -0.2) is 10.9 Å². The molecule has 92 valence electrons. The number of benzene rings is 1. The maximum Gasteiger partial charge on any atom is 0.252 e. The van der Waals surface area contributed by atoms with E-state index in [1.807, 2.05) is 13.0 Å². The van der Waals surface area contributed by atoms with E-state index in [9.17, 15) is 4.79 Å². The average Bonchev–Trinajstić information content (AvgIpc) is 2.35. The van der Waals surface area contributed by atoms with Gasteiger partial charge in [-0.15, -0.1) is 0 Å². The lowest BCUT2D eigenvalue weighted by Crippen LogP contribution is -2.12. The molecule has 0 saturated heterocycles. The minimum absolute atomic E-state index is 0.327. The Morgan fingerprint density at radius 2 is 2.06 bits per heavy atom. The van der Waals surface area contributed by atoms with Gasteiger partial charge in [-0.3, -0.25) is 4.79 Å². The molecule has 2 aromatic rings. The molecule has 1 aromatic carbocycles. The predicted molar refractivity (Wildman–Crippen MR) is 71.7 cm³/mol. The van der Waals surface area contributed by atoms with Crippen molar-refractivity contribution >= 4 is 21.8 Å². The normalized spacial score (nSPS) is 10.1. The summed E-state index contributed by atoms with van der Waals surface area (Å²) in [6, 6.07) is 8.64. The van der Waals surface area contributed by atoms with Crippen LogP contribution in [0.4, 0.5) is 0 Å². The molecule has 4 nitrogen and oxygen atoms in total. The number of carbonyl (C=O) groups excluding carboxylic acids is 1. The largest absolute Gasteiger partial charge is 0.437 e. The summed E-state index contributed by atoms with van der Waals surface area (Å²) < 4.78 is 6.38. The predicted octanol–water partition coefficient (Wildman–Crippen LogP) is 3.04. The van der Waals surface area contributed by atoms with Crippen LogP contribution in [0.3, 0.4) is 0 Å². The second-order valence-electron chi connectivity index (χ2n) is 3.71. The van der Waals surface area contributed by atoms with Gasteiger partial charge in [0.05, 0.1) is 10.0 Å². The fourth-order valence-corrected chi connectivity index (χ4v) is 1.77. The first-order valence-electron chi connectivity index (χ1n) is 5.27. The van der Waals surface area contributed by atoms with Gasteiger partial charge in [-0.2, -0.15) is 0 Å². The average molecular weight is 307 g/mol. The Bertz CT molecular complexity index is 599. The van der Waals surface area contributed by atoms with Crippen molar-refractivity contribution in [3.63, 3.8) is 0 Å². The Hall–Kier alpha value is -1.88. The first-order chi connectivity index (χ1) is 8.59. The number of rotatable bonds is 3. The smallest absolute Gasteiger partial charge is 0.252 e. The van der Waals surface area contributed by atoms with Crippen LogP contribution in [0.1, 0.15) is 15.9 Å². The van der Waals surface area contributed by atoms with Gasteiger partial charge in [0.1, 0.15) is 5.75 Å². The zero-order valence-electron chi connectivity index (χ0n) is 9.68. The molecule has 5 heteroatoms. The maximum atomic E-state index is 11.3. The van der Waals surface area contributed by atoms with Gasteiger partial charge in [0.25, 0.3) is 5.91 Å². The Labute approximate surface area is 113 Å². The number of hydrogen-bond acceptors (Lipinski definition) is 3. The highest BCUT2D eigenvalue weighted by Crippen LogP contribution is 2.31. The second kappa shape index (κ2) is 5.18. The van der Waals surface area contributed by atoms with E-state index in [0.29, 0.717) is 17.2 Å².